The summed E-state index contributed by atoms with van der Waals surface area (Å²) in [7, 11) is 0. The molecule has 2 unspecified atom stereocenters. The monoisotopic (exact) mass is 594 g/mol. The molecular formula is C36H42N4O4. The zero-order valence-electron chi connectivity index (χ0n) is 25.5. The smallest absolute Gasteiger partial charge is 0.257 e. The number of anilines is 2. The van der Waals surface area contributed by atoms with Gasteiger partial charge in [0, 0.05) is 59.6 Å². The second kappa shape index (κ2) is 12.1. The second-order valence-corrected chi connectivity index (χ2v) is 12.8. The lowest BCUT2D eigenvalue weighted by Crippen LogP contribution is -2.48. The third-order valence-corrected chi connectivity index (χ3v) is 9.80. The van der Waals surface area contributed by atoms with Crippen molar-refractivity contribution in [3.63, 3.8) is 0 Å². The number of hydrogen-bond donors (Lipinski definition) is 2. The first-order chi connectivity index (χ1) is 21.3. The first kappa shape index (κ1) is 29.9. The fourth-order valence-electron chi connectivity index (χ4n) is 7.48. The van der Waals surface area contributed by atoms with Gasteiger partial charge in [0.2, 0.25) is 11.8 Å². The Balaban J connectivity index is 0.862. The molecule has 2 spiro atoms. The predicted octanol–water partition coefficient (Wildman–Crippen LogP) is 5.52. The van der Waals surface area contributed by atoms with E-state index in [2.05, 4.69) is 23.8 Å². The average molecular weight is 595 g/mol. The standard InChI is InChI=1S/C36H42N4O4/c1-25-23-35(37-31(25)41)27-17-11-13-19-29(27)39(33(35)43)21-15-9-7-5-3-4-6-8-10-16-22-40-30-20-14-12-18-28(30)36(34(40)44)24-26(2)32(42)38-36/h11-14,17-20H,1-10,15-16,21-24H2,(H,37,41)(H,38,42). The lowest BCUT2D eigenvalue weighted by atomic mass is 9.89. The number of amides is 4. The summed E-state index contributed by atoms with van der Waals surface area (Å²) in [5.74, 6) is -0.551. The Morgan fingerprint density at radius 3 is 1.23 bits per heavy atom. The first-order valence-electron chi connectivity index (χ1n) is 16.1. The molecule has 4 amide bonds. The van der Waals surface area contributed by atoms with Crippen molar-refractivity contribution in [1.82, 2.24) is 10.6 Å². The highest BCUT2D eigenvalue weighted by molar-refractivity contribution is 6.14. The molecule has 0 aliphatic carbocycles. The summed E-state index contributed by atoms with van der Waals surface area (Å²) < 4.78 is 0. The molecule has 4 aliphatic heterocycles. The number of nitrogens with zero attached hydrogens (tertiary/aromatic N) is 2. The van der Waals surface area contributed by atoms with Crippen molar-refractivity contribution < 1.29 is 19.2 Å². The van der Waals surface area contributed by atoms with Gasteiger partial charge in [-0.1, -0.05) is 101 Å². The number of benzene rings is 2. The van der Waals surface area contributed by atoms with E-state index in [-0.39, 0.29) is 23.6 Å². The fraction of sp³-hybridized carbons (Fsp3) is 0.444. The van der Waals surface area contributed by atoms with E-state index in [1.54, 1.807) is 0 Å². The minimum absolute atomic E-state index is 0.0419. The van der Waals surface area contributed by atoms with Crippen LogP contribution in [0.25, 0.3) is 0 Å². The Hall–Kier alpha value is -4.20. The average Bonchev–Trinajstić information content (AvgIpc) is 3.65. The van der Waals surface area contributed by atoms with Crippen LogP contribution in [-0.2, 0) is 30.3 Å². The van der Waals surface area contributed by atoms with Crippen LogP contribution in [0.15, 0.2) is 72.8 Å². The van der Waals surface area contributed by atoms with Gasteiger partial charge in [0.05, 0.1) is 0 Å². The van der Waals surface area contributed by atoms with E-state index in [0.717, 1.165) is 61.0 Å². The number of para-hydroxylation sites is 2. The summed E-state index contributed by atoms with van der Waals surface area (Å²) in [5.41, 5.74) is 2.53. The molecule has 8 heteroatoms. The van der Waals surface area contributed by atoms with Crippen LogP contribution in [0.2, 0.25) is 0 Å². The third kappa shape index (κ3) is 5.04. The summed E-state index contributed by atoms with van der Waals surface area (Å²) >= 11 is 0. The van der Waals surface area contributed by atoms with Gasteiger partial charge in [-0.15, -0.1) is 0 Å². The van der Waals surface area contributed by atoms with E-state index in [9.17, 15) is 19.2 Å². The fourth-order valence-corrected chi connectivity index (χ4v) is 7.48. The normalized spacial score (nSPS) is 23.7. The van der Waals surface area contributed by atoms with E-state index in [1.165, 1.54) is 25.7 Å². The second-order valence-electron chi connectivity index (χ2n) is 12.8. The molecule has 6 rings (SSSR count). The highest BCUT2D eigenvalue weighted by Gasteiger charge is 2.56. The molecular weight excluding hydrogens is 552 g/mol. The highest BCUT2D eigenvalue weighted by atomic mass is 16.2. The minimum atomic E-state index is -0.982. The van der Waals surface area contributed by atoms with Gasteiger partial charge >= 0.3 is 0 Å². The quantitative estimate of drug-likeness (QED) is 0.236. The summed E-state index contributed by atoms with van der Waals surface area (Å²) in [6.07, 6.45) is 11.7. The van der Waals surface area contributed by atoms with E-state index >= 15 is 0 Å². The molecule has 2 aromatic rings. The molecule has 2 saturated heterocycles. The molecule has 2 N–H and O–H groups in total. The van der Waals surface area contributed by atoms with Gasteiger partial charge < -0.3 is 20.4 Å². The van der Waals surface area contributed by atoms with Crippen molar-refractivity contribution in [3.05, 3.63) is 84.0 Å². The minimum Gasteiger partial charge on any atom is -0.334 e. The van der Waals surface area contributed by atoms with Crippen LogP contribution in [0.4, 0.5) is 11.4 Å². The number of carbonyl (C=O) groups is 4. The Morgan fingerprint density at radius 2 is 0.886 bits per heavy atom. The van der Waals surface area contributed by atoms with Gasteiger partial charge in [-0.05, 0) is 25.0 Å². The van der Waals surface area contributed by atoms with Gasteiger partial charge in [-0.25, -0.2) is 0 Å². The van der Waals surface area contributed by atoms with Crippen LogP contribution >= 0.6 is 0 Å². The summed E-state index contributed by atoms with van der Waals surface area (Å²) in [6.45, 7) is 9.02. The maximum atomic E-state index is 13.5. The molecule has 0 bridgehead atoms. The van der Waals surface area contributed by atoms with Crippen molar-refractivity contribution >= 4 is 35.0 Å². The van der Waals surface area contributed by atoms with Crippen LogP contribution in [0.1, 0.15) is 88.2 Å². The molecule has 0 aromatic heterocycles. The van der Waals surface area contributed by atoms with Crippen LogP contribution in [0.3, 0.4) is 0 Å². The molecule has 44 heavy (non-hydrogen) atoms. The molecule has 8 nitrogen and oxygen atoms in total. The topological polar surface area (TPSA) is 98.8 Å². The Labute approximate surface area is 259 Å². The van der Waals surface area contributed by atoms with Crippen LogP contribution < -0.4 is 20.4 Å². The SMILES string of the molecule is C=C1CC2(NC1=O)C(=O)N(CCCCCCCCCCCCN1C(=O)C3(CC(=C)C(=O)N3)c3ccccc31)c1ccccc12. The lowest BCUT2D eigenvalue weighted by Gasteiger charge is -2.23. The van der Waals surface area contributed by atoms with Crippen molar-refractivity contribution in [2.45, 2.75) is 88.1 Å². The third-order valence-electron chi connectivity index (χ3n) is 9.80. The molecule has 4 aliphatic rings. The van der Waals surface area contributed by atoms with Gasteiger partial charge in [-0.3, -0.25) is 19.2 Å². The van der Waals surface area contributed by atoms with Gasteiger partial charge in [-0.2, -0.15) is 0 Å². The highest BCUT2D eigenvalue weighted by Crippen LogP contribution is 2.47. The number of fused-ring (bicyclic) bond motifs is 4. The zero-order valence-corrected chi connectivity index (χ0v) is 25.5. The van der Waals surface area contributed by atoms with Crippen LogP contribution in [0, 0.1) is 0 Å². The van der Waals surface area contributed by atoms with Gasteiger partial charge in [0.1, 0.15) is 0 Å². The molecule has 4 heterocycles. The summed E-state index contributed by atoms with van der Waals surface area (Å²) in [6, 6.07) is 15.6. The van der Waals surface area contributed by atoms with Crippen LogP contribution in [-0.4, -0.2) is 36.7 Å². The van der Waals surface area contributed by atoms with Gasteiger partial charge in [0.15, 0.2) is 11.1 Å². The first-order valence-corrected chi connectivity index (χ1v) is 16.1. The van der Waals surface area contributed by atoms with Gasteiger partial charge in [0.25, 0.3) is 11.8 Å². The lowest BCUT2D eigenvalue weighted by molar-refractivity contribution is -0.127. The molecule has 2 fully saturated rings. The number of hydrogen-bond acceptors (Lipinski definition) is 4. The summed E-state index contributed by atoms with van der Waals surface area (Å²) in [5, 5.41) is 5.86. The Kier molecular flexibility index (Phi) is 8.18. The maximum Gasteiger partial charge on any atom is 0.257 e. The van der Waals surface area contributed by atoms with Crippen LogP contribution in [0.5, 0.6) is 0 Å². The van der Waals surface area contributed by atoms with E-state index in [4.69, 9.17) is 0 Å². The Morgan fingerprint density at radius 1 is 0.545 bits per heavy atom. The number of carbonyl (C=O) groups excluding carboxylic acids is 4. The van der Waals surface area contributed by atoms with Crippen molar-refractivity contribution in [2.75, 3.05) is 22.9 Å². The molecule has 2 atom stereocenters. The van der Waals surface area contributed by atoms with E-state index < -0.39 is 11.1 Å². The predicted molar refractivity (Wildman–Crippen MR) is 171 cm³/mol. The maximum absolute atomic E-state index is 13.5. The van der Waals surface area contributed by atoms with Crippen molar-refractivity contribution in [2.24, 2.45) is 0 Å². The van der Waals surface area contributed by atoms with E-state index in [0.29, 0.717) is 37.1 Å². The molecule has 0 radical (unpaired) electrons. The largest absolute Gasteiger partial charge is 0.334 e. The van der Waals surface area contributed by atoms with Crippen molar-refractivity contribution in [1.29, 1.82) is 0 Å². The number of nitrogens with one attached hydrogen (secondary N) is 2. The molecule has 2 aromatic carbocycles. The Bertz CT molecular complexity index is 1380. The zero-order chi connectivity index (χ0) is 30.9. The number of rotatable bonds is 13. The van der Waals surface area contributed by atoms with E-state index in [1.807, 2.05) is 58.3 Å². The molecule has 230 valence electrons. The summed E-state index contributed by atoms with van der Waals surface area (Å²) in [4.78, 5) is 55.0. The van der Waals surface area contributed by atoms with Crippen molar-refractivity contribution in [3.8, 4) is 0 Å². The molecule has 0 saturated carbocycles. The number of unbranched alkanes of at least 4 members (excludes halogenated alkanes) is 9.